The fraction of sp³-hybridized carbons (Fsp3) is 0.316. The van der Waals surface area contributed by atoms with E-state index in [0.29, 0.717) is 12.4 Å². The lowest BCUT2D eigenvalue weighted by Crippen LogP contribution is -2.38. The zero-order chi connectivity index (χ0) is 20.1. The van der Waals surface area contributed by atoms with Crippen molar-refractivity contribution in [3.8, 4) is 17.1 Å². The molecule has 0 saturated heterocycles. The van der Waals surface area contributed by atoms with Gasteiger partial charge in [0, 0.05) is 43.1 Å². The van der Waals surface area contributed by atoms with Crippen LogP contribution in [-0.4, -0.2) is 51.8 Å². The monoisotopic (exact) mass is 573 g/mol. The number of aromatic amines is 1. The third-order valence-electron chi connectivity index (χ3n) is 4.34. The summed E-state index contributed by atoms with van der Waals surface area (Å²) in [7, 11) is 7.44. The van der Waals surface area contributed by atoms with E-state index in [2.05, 4.69) is 57.0 Å². The number of benzene rings is 1. The second kappa shape index (κ2) is 10.6. The van der Waals surface area contributed by atoms with Gasteiger partial charge >= 0.3 is 0 Å². The minimum Gasteiger partial charge on any atom is -0.497 e. The fourth-order valence-corrected chi connectivity index (χ4v) is 3.40. The molecule has 0 saturated carbocycles. The van der Waals surface area contributed by atoms with Crippen LogP contribution in [0.2, 0.25) is 0 Å². The van der Waals surface area contributed by atoms with Crippen molar-refractivity contribution in [1.82, 2.24) is 30.0 Å². The molecule has 0 amide bonds. The van der Waals surface area contributed by atoms with Crippen LogP contribution in [0.1, 0.15) is 11.5 Å². The molecule has 0 spiro atoms. The standard InChI is InChI=1S/C19H24BrN7O.HI/c1-21-19(27(3)12-15-9-14(20)11-26(15)2)22-10-17-23-18(25-24-17)13-5-7-16(28-4)8-6-13;/h5-9,11H,10,12H2,1-4H3,(H,21,22)(H,23,24,25);1H. The number of aromatic nitrogens is 4. The van der Waals surface area contributed by atoms with E-state index in [-0.39, 0.29) is 24.0 Å². The first-order valence-corrected chi connectivity index (χ1v) is 9.57. The molecule has 156 valence electrons. The van der Waals surface area contributed by atoms with Gasteiger partial charge in [0.05, 0.1) is 20.2 Å². The van der Waals surface area contributed by atoms with Crippen LogP contribution in [0.15, 0.2) is 46.0 Å². The lowest BCUT2D eigenvalue weighted by Gasteiger charge is -2.22. The van der Waals surface area contributed by atoms with Gasteiger partial charge in [-0.15, -0.1) is 24.0 Å². The van der Waals surface area contributed by atoms with Crippen molar-refractivity contribution in [3.05, 3.63) is 52.5 Å². The maximum Gasteiger partial charge on any atom is 0.194 e. The molecule has 0 fully saturated rings. The highest BCUT2D eigenvalue weighted by molar-refractivity contribution is 14.0. The summed E-state index contributed by atoms with van der Waals surface area (Å²) < 4.78 is 8.33. The van der Waals surface area contributed by atoms with E-state index in [1.165, 1.54) is 5.69 Å². The number of rotatable bonds is 6. The van der Waals surface area contributed by atoms with Crippen molar-refractivity contribution in [3.63, 3.8) is 0 Å². The number of nitrogens with one attached hydrogen (secondary N) is 2. The molecule has 0 aliphatic heterocycles. The van der Waals surface area contributed by atoms with Gasteiger partial charge < -0.3 is 19.5 Å². The fourth-order valence-electron chi connectivity index (χ4n) is 2.83. The predicted molar refractivity (Wildman–Crippen MR) is 129 cm³/mol. The third kappa shape index (κ3) is 5.95. The number of H-pyrrole nitrogens is 1. The van der Waals surface area contributed by atoms with Gasteiger partial charge in [-0.05, 0) is 46.3 Å². The zero-order valence-corrected chi connectivity index (χ0v) is 20.7. The van der Waals surface area contributed by atoms with Crippen LogP contribution < -0.4 is 10.1 Å². The summed E-state index contributed by atoms with van der Waals surface area (Å²) in [5, 5.41) is 10.6. The van der Waals surface area contributed by atoms with E-state index in [1.54, 1.807) is 14.2 Å². The Morgan fingerprint density at radius 2 is 2.07 bits per heavy atom. The number of methoxy groups -OCH3 is 1. The van der Waals surface area contributed by atoms with Crippen molar-refractivity contribution < 1.29 is 4.74 Å². The second-order valence-electron chi connectivity index (χ2n) is 6.35. The summed E-state index contributed by atoms with van der Waals surface area (Å²) in [4.78, 5) is 11.0. The van der Waals surface area contributed by atoms with Gasteiger partial charge in [-0.3, -0.25) is 10.1 Å². The molecule has 0 bridgehead atoms. The minimum absolute atomic E-state index is 0. The molecule has 0 radical (unpaired) electrons. The topological polar surface area (TPSA) is 83.4 Å². The maximum atomic E-state index is 5.18. The number of halogens is 2. The smallest absolute Gasteiger partial charge is 0.194 e. The number of guanidine groups is 1. The minimum atomic E-state index is 0. The zero-order valence-electron chi connectivity index (χ0n) is 16.8. The Kier molecular flexibility index (Phi) is 8.50. The predicted octanol–water partition coefficient (Wildman–Crippen LogP) is 3.41. The van der Waals surface area contributed by atoms with E-state index >= 15 is 0 Å². The summed E-state index contributed by atoms with van der Waals surface area (Å²) in [6.07, 6.45) is 2.04. The molecule has 3 rings (SSSR count). The number of aliphatic imine (C=N–C) groups is 1. The summed E-state index contributed by atoms with van der Waals surface area (Å²) in [6.45, 7) is 1.23. The molecule has 8 nitrogen and oxygen atoms in total. The number of hydrogen-bond acceptors (Lipinski definition) is 4. The lowest BCUT2D eigenvalue weighted by molar-refractivity contribution is 0.415. The van der Waals surface area contributed by atoms with Crippen molar-refractivity contribution in [2.75, 3.05) is 21.2 Å². The highest BCUT2D eigenvalue weighted by atomic mass is 127. The molecular weight excluding hydrogens is 549 g/mol. The Hall–Kier alpha value is -2.08. The van der Waals surface area contributed by atoms with Crippen molar-refractivity contribution in [1.29, 1.82) is 0 Å². The van der Waals surface area contributed by atoms with Crippen LogP contribution in [0.3, 0.4) is 0 Å². The van der Waals surface area contributed by atoms with E-state index in [0.717, 1.165) is 34.1 Å². The largest absolute Gasteiger partial charge is 0.497 e. The summed E-state index contributed by atoms with van der Waals surface area (Å²) >= 11 is 3.51. The Morgan fingerprint density at radius 3 is 2.66 bits per heavy atom. The van der Waals surface area contributed by atoms with Crippen molar-refractivity contribution in [2.45, 2.75) is 13.1 Å². The second-order valence-corrected chi connectivity index (χ2v) is 7.27. The summed E-state index contributed by atoms with van der Waals surface area (Å²) in [6, 6.07) is 9.75. The first-order chi connectivity index (χ1) is 13.5. The Labute approximate surface area is 195 Å². The molecule has 0 aliphatic rings. The molecule has 2 heterocycles. The maximum absolute atomic E-state index is 5.18. The third-order valence-corrected chi connectivity index (χ3v) is 4.77. The van der Waals surface area contributed by atoms with Crippen LogP contribution in [-0.2, 0) is 20.1 Å². The highest BCUT2D eigenvalue weighted by Gasteiger charge is 2.11. The molecular formula is C19H25BrIN7O. The van der Waals surface area contributed by atoms with Crippen LogP contribution in [0.5, 0.6) is 5.75 Å². The molecule has 1 aromatic carbocycles. The lowest BCUT2D eigenvalue weighted by atomic mass is 10.2. The summed E-state index contributed by atoms with van der Waals surface area (Å²) in [5.41, 5.74) is 2.11. The van der Waals surface area contributed by atoms with Gasteiger partial charge in [0.25, 0.3) is 0 Å². The Morgan fingerprint density at radius 1 is 1.34 bits per heavy atom. The van der Waals surface area contributed by atoms with Gasteiger partial charge in [-0.25, -0.2) is 4.98 Å². The molecule has 3 aromatic rings. The van der Waals surface area contributed by atoms with Crippen molar-refractivity contribution in [2.24, 2.45) is 12.0 Å². The van der Waals surface area contributed by atoms with E-state index < -0.39 is 0 Å². The van der Waals surface area contributed by atoms with Crippen LogP contribution in [0.25, 0.3) is 11.4 Å². The summed E-state index contributed by atoms with van der Waals surface area (Å²) in [5.74, 6) is 2.97. The van der Waals surface area contributed by atoms with Crippen molar-refractivity contribution >= 4 is 45.9 Å². The Bertz CT molecular complexity index is 952. The molecule has 0 atom stereocenters. The van der Waals surface area contributed by atoms with E-state index in [1.807, 2.05) is 44.6 Å². The molecule has 10 heteroatoms. The highest BCUT2D eigenvalue weighted by Crippen LogP contribution is 2.19. The Balaban J connectivity index is 0.00000300. The normalized spacial score (nSPS) is 11.1. The van der Waals surface area contributed by atoms with Gasteiger partial charge in [-0.1, -0.05) is 0 Å². The molecule has 29 heavy (non-hydrogen) atoms. The quantitative estimate of drug-likeness (QED) is 0.268. The van der Waals surface area contributed by atoms with Crippen LogP contribution in [0, 0.1) is 0 Å². The van der Waals surface area contributed by atoms with Gasteiger partial charge in [0.15, 0.2) is 11.8 Å². The van der Waals surface area contributed by atoms with Crippen LogP contribution in [0.4, 0.5) is 0 Å². The number of hydrogen-bond donors (Lipinski definition) is 2. The molecule has 0 unspecified atom stereocenters. The SMILES string of the molecule is CN=C(NCc1nc(-c2ccc(OC)cc2)n[nH]1)N(C)Cc1cc(Br)cn1C.I. The average Bonchev–Trinajstić information content (AvgIpc) is 3.28. The average molecular weight is 574 g/mol. The number of ether oxygens (including phenoxy) is 1. The first-order valence-electron chi connectivity index (χ1n) is 8.78. The molecule has 2 aromatic heterocycles. The molecule has 2 N–H and O–H groups in total. The first kappa shape index (κ1) is 23.2. The number of aryl methyl sites for hydroxylation is 1. The van der Waals surface area contributed by atoms with E-state index in [9.17, 15) is 0 Å². The van der Waals surface area contributed by atoms with Gasteiger partial charge in [0.1, 0.15) is 11.6 Å². The molecule has 0 aliphatic carbocycles. The van der Waals surface area contributed by atoms with Gasteiger partial charge in [0.2, 0.25) is 0 Å². The number of nitrogens with zero attached hydrogens (tertiary/aromatic N) is 5. The van der Waals surface area contributed by atoms with Gasteiger partial charge in [-0.2, -0.15) is 5.10 Å². The van der Waals surface area contributed by atoms with Crippen LogP contribution >= 0.6 is 39.9 Å². The van der Waals surface area contributed by atoms with E-state index in [4.69, 9.17) is 4.74 Å².